The normalized spacial score (nSPS) is 11.1. The largest absolute Gasteiger partial charge is 0.484 e. The molecule has 0 spiro atoms. The Morgan fingerprint density at radius 3 is 2.19 bits per heavy atom. The predicted molar refractivity (Wildman–Crippen MR) is 157 cm³/mol. The number of hydrogen-bond donors (Lipinski definition) is 2. The number of hydrazone groups is 1. The van der Waals surface area contributed by atoms with Gasteiger partial charge in [0.05, 0.1) is 21.7 Å². The highest BCUT2D eigenvalue weighted by Gasteiger charge is 2.27. The molecule has 220 valence electrons. The maximum Gasteiger partial charge on any atom is 0.269 e. The highest BCUT2D eigenvalue weighted by Crippen LogP contribution is 2.25. The van der Waals surface area contributed by atoms with Crippen LogP contribution in [0.4, 0.5) is 21.5 Å². The van der Waals surface area contributed by atoms with E-state index < -0.39 is 39.1 Å². The Morgan fingerprint density at radius 2 is 1.56 bits per heavy atom. The lowest BCUT2D eigenvalue weighted by Crippen LogP contribution is -2.39. The minimum Gasteiger partial charge on any atom is -0.484 e. The van der Waals surface area contributed by atoms with Crippen molar-refractivity contribution < 1.29 is 32.1 Å². The standard InChI is InChI=1S/C29H24FN5O7S/c30-22-8-10-23(11-9-22)32-29(37)20-42-26-16-6-21(7-17-26)18-31-33-28(36)19-34(24-12-14-25(15-13-24)35(38)39)43(40,41)27-4-2-1-3-5-27/h1-18H,19-20H2,(H,32,37)(H,33,36)/b31-18-. The van der Waals surface area contributed by atoms with Gasteiger partial charge in [-0.25, -0.2) is 18.2 Å². The molecule has 4 aromatic rings. The number of sulfonamides is 1. The van der Waals surface area contributed by atoms with Gasteiger partial charge < -0.3 is 10.1 Å². The third-order valence-electron chi connectivity index (χ3n) is 5.75. The maximum absolute atomic E-state index is 13.3. The van der Waals surface area contributed by atoms with Crippen LogP contribution in [0.2, 0.25) is 0 Å². The van der Waals surface area contributed by atoms with Gasteiger partial charge in [0, 0.05) is 17.8 Å². The molecule has 43 heavy (non-hydrogen) atoms. The number of nitro benzene ring substituents is 1. The first-order chi connectivity index (χ1) is 20.6. The van der Waals surface area contributed by atoms with Gasteiger partial charge in [-0.3, -0.25) is 24.0 Å². The van der Waals surface area contributed by atoms with Crippen molar-refractivity contribution >= 4 is 45.1 Å². The number of non-ortho nitro benzene ring substituents is 1. The topological polar surface area (TPSA) is 160 Å². The Morgan fingerprint density at radius 1 is 0.907 bits per heavy atom. The first-order valence-corrected chi connectivity index (χ1v) is 14.0. The Balaban J connectivity index is 1.35. The summed E-state index contributed by atoms with van der Waals surface area (Å²) in [7, 11) is -4.20. The average Bonchev–Trinajstić information content (AvgIpc) is 3.01. The van der Waals surface area contributed by atoms with Crippen molar-refractivity contribution in [3.63, 3.8) is 0 Å². The van der Waals surface area contributed by atoms with Gasteiger partial charge in [-0.1, -0.05) is 18.2 Å². The van der Waals surface area contributed by atoms with E-state index in [4.69, 9.17) is 4.74 Å². The molecule has 2 N–H and O–H groups in total. The summed E-state index contributed by atoms with van der Waals surface area (Å²) in [5.41, 5.74) is 3.08. The van der Waals surface area contributed by atoms with E-state index in [1.165, 1.54) is 66.9 Å². The van der Waals surface area contributed by atoms with Crippen LogP contribution in [0.15, 0.2) is 113 Å². The summed E-state index contributed by atoms with van der Waals surface area (Å²) in [5.74, 6) is -1.23. The quantitative estimate of drug-likeness (QED) is 0.140. The van der Waals surface area contributed by atoms with Crippen LogP contribution in [-0.4, -0.2) is 44.5 Å². The van der Waals surface area contributed by atoms with Gasteiger partial charge in [0.25, 0.3) is 27.5 Å². The summed E-state index contributed by atoms with van der Waals surface area (Å²) in [6.45, 7) is -0.933. The molecule has 0 bridgehead atoms. The van der Waals surface area contributed by atoms with Gasteiger partial charge in [0.15, 0.2) is 6.61 Å². The van der Waals surface area contributed by atoms with Crippen LogP contribution in [0.3, 0.4) is 0 Å². The maximum atomic E-state index is 13.3. The molecule has 0 aliphatic heterocycles. The summed E-state index contributed by atoms with van der Waals surface area (Å²) in [6, 6.07) is 23.9. The van der Waals surface area contributed by atoms with Crippen LogP contribution >= 0.6 is 0 Å². The Bertz CT molecular complexity index is 1720. The Kier molecular flexibility index (Phi) is 9.75. The van der Waals surface area contributed by atoms with Gasteiger partial charge in [-0.15, -0.1) is 0 Å². The van der Waals surface area contributed by atoms with E-state index in [0.29, 0.717) is 17.0 Å². The molecule has 0 saturated heterocycles. The molecular formula is C29H24FN5O7S. The van der Waals surface area contributed by atoms with Gasteiger partial charge in [-0.05, 0) is 78.4 Å². The number of nitrogens with one attached hydrogen (secondary N) is 2. The minimum absolute atomic E-state index is 0.0514. The first kappa shape index (κ1) is 30.3. The fourth-order valence-corrected chi connectivity index (χ4v) is 5.09. The second kappa shape index (κ2) is 13.8. The van der Waals surface area contributed by atoms with Crippen molar-refractivity contribution in [2.24, 2.45) is 5.10 Å². The minimum atomic E-state index is -4.20. The van der Waals surface area contributed by atoms with Crippen LogP contribution < -0.4 is 19.8 Å². The number of carbonyl (C=O) groups is 2. The van der Waals surface area contributed by atoms with Crippen molar-refractivity contribution in [3.8, 4) is 5.75 Å². The van der Waals surface area contributed by atoms with Crippen LogP contribution in [0.5, 0.6) is 5.75 Å². The van der Waals surface area contributed by atoms with E-state index in [9.17, 15) is 32.5 Å². The Labute approximate surface area is 245 Å². The monoisotopic (exact) mass is 605 g/mol. The third-order valence-corrected chi connectivity index (χ3v) is 7.54. The molecule has 0 fully saturated rings. The number of amides is 2. The van der Waals surface area contributed by atoms with Gasteiger partial charge in [-0.2, -0.15) is 5.10 Å². The number of rotatable bonds is 12. The summed E-state index contributed by atoms with van der Waals surface area (Å²) < 4.78 is 45.9. The number of anilines is 2. The lowest BCUT2D eigenvalue weighted by atomic mass is 10.2. The molecule has 0 radical (unpaired) electrons. The zero-order chi connectivity index (χ0) is 30.8. The lowest BCUT2D eigenvalue weighted by Gasteiger charge is -2.23. The molecule has 14 heteroatoms. The van der Waals surface area contributed by atoms with Crippen LogP contribution in [0.25, 0.3) is 0 Å². The fraction of sp³-hybridized carbons (Fsp3) is 0.0690. The fourth-order valence-electron chi connectivity index (χ4n) is 3.65. The van der Waals surface area contributed by atoms with Crippen molar-refractivity contribution in [1.29, 1.82) is 0 Å². The van der Waals surface area contributed by atoms with Crippen LogP contribution in [0, 0.1) is 15.9 Å². The van der Waals surface area contributed by atoms with E-state index in [2.05, 4.69) is 15.8 Å². The molecule has 4 aromatic carbocycles. The number of carbonyl (C=O) groups excluding carboxylic acids is 2. The smallest absolute Gasteiger partial charge is 0.269 e. The van der Waals surface area contributed by atoms with Crippen molar-refractivity contribution in [2.75, 3.05) is 22.8 Å². The summed E-state index contributed by atoms with van der Waals surface area (Å²) in [6.07, 6.45) is 1.32. The lowest BCUT2D eigenvalue weighted by molar-refractivity contribution is -0.384. The van der Waals surface area contributed by atoms with E-state index in [1.807, 2.05) is 0 Å². The Hall–Kier alpha value is -5.63. The highest BCUT2D eigenvalue weighted by molar-refractivity contribution is 7.92. The van der Waals surface area contributed by atoms with Gasteiger partial charge in [0.1, 0.15) is 18.1 Å². The molecule has 0 aliphatic carbocycles. The summed E-state index contributed by atoms with van der Waals surface area (Å²) in [4.78, 5) is 35.1. The van der Waals surface area contributed by atoms with Crippen molar-refractivity contribution in [3.05, 3.63) is 125 Å². The van der Waals surface area contributed by atoms with E-state index in [-0.39, 0.29) is 22.9 Å². The number of benzene rings is 4. The molecule has 12 nitrogen and oxygen atoms in total. The van der Waals surface area contributed by atoms with Gasteiger partial charge in [0.2, 0.25) is 0 Å². The SMILES string of the molecule is O=C(CN(c1ccc([N+](=O)[O-])cc1)S(=O)(=O)c1ccccc1)N/N=C\c1ccc(OCC(=O)Nc2ccc(F)cc2)cc1. The van der Waals surface area contributed by atoms with Crippen LogP contribution in [-0.2, 0) is 19.6 Å². The van der Waals surface area contributed by atoms with Crippen molar-refractivity contribution in [1.82, 2.24) is 5.43 Å². The van der Waals surface area contributed by atoms with Gasteiger partial charge >= 0.3 is 0 Å². The molecule has 0 heterocycles. The van der Waals surface area contributed by atoms with E-state index in [1.54, 1.807) is 30.3 Å². The highest BCUT2D eigenvalue weighted by atomic mass is 32.2. The number of nitrogens with zero attached hydrogens (tertiary/aromatic N) is 3. The van der Waals surface area contributed by atoms with E-state index >= 15 is 0 Å². The van der Waals surface area contributed by atoms with E-state index in [0.717, 1.165) is 16.4 Å². The first-order valence-electron chi connectivity index (χ1n) is 12.5. The molecule has 0 saturated carbocycles. The number of nitro groups is 1. The molecule has 2 amide bonds. The number of hydrogen-bond acceptors (Lipinski definition) is 8. The number of halogens is 1. The van der Waals surface area contributed by atoms with Crippen molar-refractivity contribution in [2.45, 2.75) is 4.90 Å². The third kappa shape index (κ3) is 8.43. The molecule has 0 atom stereocenters. The zero-order valence-electron chi connectivity index (χ0n) is 22.3. The average molecular weight is 606 g/mol. The summed E-state index contributed by atoms with van der Waals surface area (Å²) >= 11 is 0. The molecule has 4 rings (SSSR count). The molecule has 0 aliphatic rings. The molecule has 0 unspecified atom stereocenters. The second-order valence-corrected chi connectivity index (χ2v) is 10.7. The molecular weight excluding hydrogens is 581 g/mol. The second-order valence-electron chi connectivity index (χ2n) is 8.80. The number of ether oxygens (including phenoxy) is 1. The van der Waals surface area contributed by atoms with Crippen LogP contribution in [0.1, 0.15) is 5.56 Å². The predicted octanol–water partition coefficient (Wildman–Crippen LogP) is 4.10. The molecule has 0 aromatic heterocycles. The summed E-state index contributed by atoms with van der Waals surface area (Å²) in [5, 5.41) is 17.5. The zero-order valence-corrected chi connectivity index (χ0v) is 23.1.